The lowest BCUT2D eigenvalue weighted by molar-refractivity contribution is -0.115. The van der Waals surface area contributed by atoms with Crippen molar-refractivity contribution in [3.8, 4) is 0 Å². The molecule has 0 spiro atoms. The third kappa shape index (κ3) is 4.81. The van der Waals surface area contributed by atoms with Gasteiger partial charge in [0.25, 0.3) is 0 Å². The van der Waals surface area contributed by atoms with Gasteiger partial charge < -0.3 is 10.6 Å². The van der Waals surface area contributed by atoms with E-state index in [1.807, 2.05) is 6.92 Å². The molecule has 0 aromatic carbocycles. The van der Waals surface area contributed by atoms with Crippen LogP contribution < -0.4 is 10.6 Å². The fourth-order valence-electron chi connectivity index (χ4n) is 0.970. The van der Waals surface area contributed by atoms with Crippen LogP contribution in [0.3, 0.4) is 0 Å². The second kappa shape index (κ2) is 5.53. The predicted octanol–water partition coefficient (Wildman–Crippen LogP) is 2.27. The first-order valence-electron chi connectivity index (χ1n) is 4.89. The molecule has 0 bridgehead atoms. The Labute approximate surface area is 91.3 Å². The Hall–Kier alpha value is -1.53. The first-order chi connectivity index (χ1) is 7.51. The molecular formula is C9H13F3N4. The molecule has 0 aliphatic carbocycles. The summed E-state index contributed by atoms with van der Waals surface area (Å²) in [6, 6.07) is 1.39. The lowest BCUT2D eigenvalue weighted by Crippen LogP contribution is -2.22. The third-order valence-corrected chi connectivity index (χ3v) is 1.66. The van der Waals surface area contributed by atoms with Gasteiger partial charge in [-0.25, -0.2) is 4.98 Å². The van der Waals surface area contributed by atoms with E-state index in [1.165, 1.54) is 12.3 Å². The summed E-state index contributed by atoms with van der Waals surface area (Å²) in [6.07, 6.45) is -1.95. The Morgan fingerprint density at radius 1 is 1.31 bits per heavy atom. The molecule has 1 rings (SSSR count). The molecule has 0 saturated heterocycles. The molecule has 2 N–H and O–H groups in total. The minimum absolute atomic E-state index is 0.158. The maximum absolute atomic E-state index is 11.9. The van der Waals surface area contributed by atoms with E-state index in [0.717, 1.165) is 6.42 Å². The van der Waals surface area contributed by atoms with Crippen LogP contribution in [0.5, 0.6) is 0 Å². The van der Waals surface area contributed by atoms with Crippen LogP contribution >= 0.6 is 0 Å². The second-order valence-corrected chi connectivity index (χ2v) is 3.16. The van der Waals surface area contributed by atoms with Crippen molar-refractivity contribution >= 4 is 11.8 Å². The van der Waals surface area contributed by atoms with Crippen LogP contribution in [0.4, 0.5) is 24.9 Å². The van der Waals surface area contributed by atoms with Crippen molar-refractivity contribution in [1.29, 1.82) is 0 Å². The Morgan fingerprint density at radius 3 is 2.69 bits per heavy atom. The molecule has 0 fully saturated rings. The molecule has 0 saturated carbocycles. The number of nitrogens with one attached hydrogen (secondary N) is 2. The van der Waals surface area contributed by atoms with E-state index in [-0.39, 0.29) is 5.82 Å². The molecule has 0 amide bonds. The SMILES string of the molecule is CCCNc1nccc(NCC(F)(F)F)n1. The third-order valence-electron chi connectivity index (χ3n) is 1.66. The summed E-state index contributed by atoms with van der Waals surface area (Å²) < 4.78 is 35.8. The quantitative estimate of drug-likeness (QED) is 0.820. The summed E-state index contributed by atoms with van der Waals surface area (Å²) in [5.41, 5.74) is 0. The van der Waals surface area contributed by atoms with Crippen LogP contribution in [0, 0.1) is 0 Å². The summed E-state index contributed by atoms with van der Waals surface area (Å²) in [6.45, 7) is 1.55. The molecule has 90 valence electrons. The summed E-state index contributed by atoms with van der Waals surface area (Å²) in [5, 5.41) is 5.07. The van der Waals surface area contributed by atoms with Crippen molar-refractivity contribution in [2.45, 2.75) is 19.5 Å². The highest BCUT2D eigenvalue weighted by Gasteiger charge is 2.26. The minimum atomic E-state index is -4.25. The van der Waals surface area contributed by atoms with E-state index in [2.05, 4.69) is 20.6 Å². The van der Waals surface area contributed by atoms with Crippen LogP contribution in [-0.4, -0.2) is 29.2 Å². The fourth-order valence-corrected chi connectivity index (χ4v) is 0.970. The van der Waals surface area contributed by atoms with Gasteiger partial charge >= 0.3 is 6.18 Å². The van der Waals surface area contributed by atoms with Gasteiger partial charge in [-0.1, -0.05) is 6.92 Å². The van der Waals surface area contributed by atoms with E-state index in [4.69, 9.17) is 0 Å². The van der Waals surface area contributed by atoms with Gasteiger partial charge in [0.2, 0.25) is 5.95 Å². The number of halogens is 3. The highest BCUT2D eigenvalue weighted by molar-refractivity contribution is 5.39. The summed E-state index contributed by atoms with van der Waals surface area (Å²) in [4.78, 5) is 7.76. The van der Waals surface area contributed by atoms with Crippen molar-refractivity contribution in [3.63, 3.8) is 0 Å². The molecule has 0 aliphatic rings. The number of nitrogens with zero attached hydrogens (tertiary/aromatic N) is 2. The Balaban J connectivity index is 2.53. The molecule has 0 radical (unpaired) electrons. The van der Waals surface area contributed by atoms with E-state index in [9.17, 15) is 13.2 Å². The number of anilines is 2. The largest absolute Gasteiger partial charge is 0.405 e. The lowest BCUT2D eigenvalue weighted by atomic mass is 10.5. The molecule has 0 aliphatic heterocycles. The van der Waals surface area contributed by atoms with Crippen LogP contribution in [0.25, 0.3) is 0 Å². The zero-order valence-corrected chi connectivity index (χ0v) is 8.80. The highest BCUT2D eigenvalue weighted by Crippen LogP contribution is 2.15. The molecule has 0 atom stereocenters. The number of rotatable bonds is 5. The number of hydrogen-bond acceptors (Lipinski definition) is 4. The standard InChI is InChI=1S/C9H13F3N4/c1-2-4-13-8-14-5-3-7(16-8)15-6-9(10,11)12/h3,5H,2,4,6H2,1H3,(H2,13,14,15,16). The Bertz CT molecular complexity index is 327. The summed E-state index contributed by atoms with van der Waals surface area (Å²) in [7, 11) is 0. The minimum Gasteiger partial charge on any atom is -0.361 e. The first kappa shape index (κ1) is 12.5. The maximum atomic E-state index is 11.9. The first-order valence-corrected chi connectivity index (χ1v) is 4.89. The van der Waals surface area contributed by atoms with E-state index in [1.54, 1.807) is 0 Å². The summed E-state index contributed by atoms with van der Waals surface area (Å²) >= 11 is 0. The topological polar surface area (TPSA) is 49.8 Å². The Kier molecular flexibility index (Phi) is 4.33. The average molecular weight is 234 g/mol. The van der Waals surface area contributed by atoms with Gasteiger partial charge in [-0.3, -0.25) is 0 Å². The monoisotopic (exact) mass is 234 g/mol. The normalized spacial score (nSPS) is 11.2. The van der Waals surface area contributed by atoms with Gasteiger partial charge in [-0.15, -0.1) is 0 Å². The van der Waals surface area contributed by atoms with Crippen LogP contribution in [0.2, 0.25) is 0 Å². The summed E-state index contributed by atoms with van der Waals surface area (Å²) in [5.74, 6) is 0.486. The van der Waals surface area contributed by atoms with Gasteiger partial charge in [-0.05, 0) is 12.5 Å². The molecule has 1 aromatic rings. The van der Waals surface area contributed by atoms with Crippen LogP contribution in [0.15, 0.2) is 12.3 Å². The average Bonchev–Trinajstić information content (AvgIpc) is 2.23. The maximum Gasteiger partial charge on any atom is 0.405 e. The van der Waals surface area contributed by atoms with E-state index in [0.29, 0.717) is 12.5 Å². The van der Waals surface area contributed by atoms with Gasteiger partial charge in [0.05, 0.1) is 0 Å². The van der Waals surface area contributed by atoms with Gasteiger partial charge in [-0.2, -0.15) is 18.2 Å². The van der Waals surface area contributed by atoms with E-state index >= 15 is 0 Å². The number of hydrogen-bond donors (Lipinski definition) is 2. The number of alkyl halides is 3. The van der Waals surface area contributed by atoms with Crippen LogP contribution in [0.1, 0.15) is 13.3 Å². The lowest BCUT2D eigenvalue weighted by Gasteiger charge is -2.09. The van der Waals surface area contributed by atoms with Gasteiger partial charge in [0.1, 0.15) is 12.4 Å². The highest BCUT2D eigenvalue weighted by atomic mass is 19.4. The molecule has 1 aromatic heterocycles. The fraction of sp³-hybridized carbons (Fsp3) is 0.556. The molecular weight excluding hydrogens is 221 g/mol. The number of aromatic nitrogens is 2. The zero-order valence-electron chi connectivity index (χ0n) is 8.80. The van der Waals surface area contributed by atoms with Crippen molar-refractivity contribution < 1.29 is 13.2 Å². The second-order valence-electron chi connectivity index (χ2n) is 3.16. The molecule has 16 heavy (non-hydrogen) atoms. The molecule has 0 unspecified atom stereocenters. The molecule has 4 nitrogen and oxygen atoms in total. The van der Waals surface area contributed by atoms with Crippen molar-refractivity contribution in [2.24, 2.45) is 0 Å². The smallest absolute Gasteiger partial charge is 0.361 e. The molecule has 1 heterocycles. The molecule has 7 heteroatoms. The van der Waals surface area contributed by atoms with Crippen molar-refractivity contribution in [2.75, 3.05) is 23.7 Å². The van der Waals surface area contributed by atoms with E-state index < -0.39 is 12.7 Å². The predicted molar refractivity (Wildman–Crippen MR) is 55.4 cm³/mol. The zero-order chi connectivity index (χ0) is 12.0. The van der Waals surface area contributed by atoms with Crippen molar-refractivity contribution in [1.82, 2.24) is 9.97 Å². The van der Waals surface area contributed by atoms with Gasteiger partial charge in [0.15, 0.2) is 0 Å². The van der Waals surface area contributed by atoms with Crippen LogP contribution in [-0.2, 0) is 0 Å². The Morgan fingerprint density at radius 2 is 2.06 bits per heavy atom. The van der Waals surface area contributed by atoms with Gasteiger partial charge in [0, 0.05) is 12.7 Å². The van der Waals surface area contributed by atoms with Crippen molar-refractivity contribution in [3.05, 3.63) is 12.3 Å².